The summed E-state index contributed by atoms with van der Waals surface area (Å²) in [5.41, 5.74) is 1.25. The van der Waals surface area contributed by atoms with Crippen LogP contribution in [0.4, 0.5) is 4.39 Å². The number of hydrogen-bond donors (Lipinski definition) is 1. The lowest BCUT2D eigenvalue weighted by atomic mass is 9.63. The van der Waals surface area contributed by atoms with Crippen molar-refractivity contribution in [3.05, 3.63) is 65.5 Å². The van der Waals surface area contributed by atoms with E-state index in [0.717, 1.165) is 36.1 Å². The van der Waals surface area contributed by atoms with Crippen molar-refractivity contribution in [3.63, 3.8) is 0 Å². The van der Waals surface area contributed by atoms with Crippen LogP contribution in [0.2, 0.25) is 0 Å². The van der Waals surface area contributed by atoms with Gasteiger partial charge in [0.25, 0.3) is 0 Å². The minimum atomic E-state index is -0.604. The molecule has 1 atom stereocenters. The number of halogens is 1. The minimum Gasteiger partial charge on any atom is -0.497 e. The van der Waals surface area contributed by atoms with E-state index in [2.05, 4.69) is 10.2 Å². The van der Waals surface area contributed by atoms with Crippen LogP contribution in [0.3, 0.4) is 0 Å². The first-order valence-electron chi connectivity index (χ1n) is 9.31. The lowest BCUT2D eigenvalue weighted by Gasteiger charge is -2.41. The van der Waals surface area contributed by atoms with Crippen LogP contribution < -0.4 is 10.1 Å². The summed E-state index contributed by atoms with van der Waals surface area (Å²) < 4.78 is 19.0. The quantitative estimate of drug-likeness (QED) is 0.808. The Bertz CT molecular complexity index is 802. The predicted octanol–water partition coefficient (Wildman–Crippen LogP) is 3.68. The zero-order valence-corrected chi connectivity index (χ0v) is 16.2. The fourth-order valence-electron chi connectivity index (χ4n) is 3.77. The van der Waals surface area contributed by atoms with Crippen molar-refractivity contribution in [2.45, 2.75) is 30.7 Å². The number of likely N-dealkylation sites (N-methyl/N-ethyl adjacent to an activating group) is 1. The number of nitrogens with zero attached hydrogens (tertiary/aromatic N) is 1. The molecular weight excluding hydrogens is 343 g/mol. The maximum atomic E-state index is 13.7. The van der Waals surface area contributed by atoms with Crippen molar-refractivity contribution in [2.75, 3.05) is 27.7 Å². The van der Waals surface area contributed by atoms with E-state index in [0.29, 0.717) is 6.54 Å². The van der Waals surface area contributed by atoms with Gasteiger partial charge in [-0.15, -0.1) is 0 Å². The highest BCUT2D eigenvalue weighted by Gasteiger charge is 2.45. The molecule has 0 bridgehead atoms. The molecule has 0 aromatic heterocycles. The highest BCUT2D eigenvalue weighted by atomic mass is 19.1. The lowest BCUT2D eigenvalue weighted by Crippen LogP contribution is -2.50. The first-order valence-corrected chi connectivity index (χ1v) is 9.31. The van der Waals surface area contributed by atoms with E-state index in [4.69, 9.17) is 4.74 Å². The molecule has 27 heavy (non-hydrogen) atoms. The van der Waals surface area contributed by atoms with Gasteiger partial charge in [0.1, 0.15) is 11.6 Å². The molecule has 0 radical (unpaired) electrons. The highest BCUT2D eigenvalue weighted by Crippen LogP contribution is 2.44. The summed E-state index contributed by atoms with van der Waals surface area (Å²) in [6, 6.07) is 14.3. The molecule has 0 spiro atoms. The zero-order valence-electron chi connectivity index (χ0n) is 16.2. The molecule has 2 aromatic rings. The molecular formula is C22H27FN2O2. The number of hydrogen-bond acceptors (Lipinski definition) is 3. The van der Waals surface area contributed by atoms with Crippen molar-refractivity contribution in [2.24, 2.45) is 0 Å². The third-order valence-corrected chi connectivity index (χ3v) is 5.58. The number of benzene rings is 2. The lowest BCUT2D eigenvalue weighted by molar-refractivity contribution is -0.130. The topological polar surface area (TPSA) is 41.6 Å². The van der Waals surface area contributed by atoms with E-state index >= 15 is 0 Å². The SMILES string of the molecule is COc1cccc(C(CNC(=O)C2(c3cccc(F)c3)CCC2)N(C)C)c1. The third kappa shape index (κ3) is 3.98. The van der Waals surface area contributed by atoms with Crippen LogP contribution in [0, 0.1) is 5.82 Å². The fourth-order valence-corrected chi connectivity index (χ4v) is 3.77. The van der Waals surface area contributed by atoms with Crippen molar-refractivity contribution >= 4 is 5.91 Å². The van der Waals surface area contributed by atoms with Crippen LogP contribution in [0.1, 0.15) is 36.4 Å². The maximum absolute atomic E-state index is 13.7. The van der Waals surface area contributed by atoms with Gasteiger partial charge in [-0.1, -0.05) is 30.7 Å². The molecule has 1 unspecified atom stereocenters. The monoisotopic (exact) mass is 370 g/mol. The largest absolute Gasteiger partial charge is 0.497 e. The Morgan fingerprint density at radius 2 is 1.96 bits per heavy atom. The summed E-state index contributed by atoms with van der Waals surface area (Å²) in [6.07, 6.45) is 2.50. The molecule has 2 aromatic carbocycles. The molecule has 0 saturated heterocycles. The van der Waals surface area contributed by atoms with E-state index in [-0.39, 0.29) is 17.8 Å². The van der Waals surface area contributed by atoms with E-state index in [1.807, 2.05) is 44.4 Å². The Morgan fingerprint density at radius 3 is 2.56 bits per heavy atom. The van der Waals surface area contributed by atoms with E-state index < -0.39 is 5.41 Å². The van der Waals surface area contributed by atoms with Crippen LogP contribution >= 0.6 is 0 Å². The Labute approximate surface area is 160 Å². The van der Waals surface area contributed by atoms with E-state index in [9.17, 15) is 9.18 Å². The van der Waals surface area contributed by atoms with Gasteiger partial charge in [0, 0.05) is 6.54 Å². The van der Waals surface area contributed by atoms with Gasteiger partial charge in [-0.2, -0.15) is 0 Å². The molecule has 0 heterocycles. The number of rotatable bonds is 7. The molecule has 1 amide bonds. The summed E-state index contributed by atoms with van der Waals surface area (Å²) >= 11 is 0. The first kappa shape index (κ1) is 19.4. The molecule has 5 heteroatoms. The minimum absolute atomic E-state index is 0.0194. The van der Waals surface area contributed by atoms with Crippen LogP contribution in [-0.2, 0) is 10.2 Å². The Balaban J connectivity index is 1.75. The molecule has 3 rings (SSSR count). The summed E-state index contributed by atoms with van der Waals surface area (Å²) in [4.78, 5) is 15.1. The van der Waals surface area contributed by atoms with Crippen LogP contribution in [0.5, 0.6) is 5.75 Å². The standard InChI is InChI=1S/C22H27FN2O2/c1-25(2)20(16-7-4-10-19(13-16)27-3)15-24-21(26)22(11-6-12-22)17-8-5-9-18(23)14-17/h4-5,7-10,13-14,20H,6,11-12,15H2,1-3H3,(H,24,26). The van der Waals surface area contributed by atoms with Gasteiger partial charge in [-0.05, 0) is 62.3 Å². The molecule has 1 N–H and O–H groups in total. The normalized spacial score (nSPS) is 16.5. The van der Waals surface area contributed by atoms with Crippen molar-refractivity contribution in [1.82, 2.24) is 10.2 Å². The number of nitrogens with one attached hydrogen (secondary N) is 1. The van der Waals surface area contributed by atoms with E-state index in [1.54, 1.807) is 13.2 Å². The summed E-state index contributed by atoms with van der Waals surface area (Å²) in [5.74, 6) is 0.476. The van der Waals surface area contributed by atoms with E-state index in [1.165, 1.54) is 12.1 Å². The number of amides is 1. The van der Waals surface area contributed by atoms with Gasteiger partial charge in [0.05, 0.1) is 18.6 Å². The average molecular weight is 370 g/mol. The van der Waals surface area contributed by atoms with Gasteiger partial charge in [0.15, 0.2) is 0 Å². The molecule has 1 aliphatic rings. The Hall–Kier alpha value is -2.40. The van der Waals surface area contributed by atoms with Crippen molar-refractivity contribution < 1.29 is 13.9 Å². The summed E-state index contributed by atoms with van der Waals surface area (Å²) in [7, 11) is 5.62. The summed E-state index contributed by atoms with van der Waals surface area (Å²) in [6.45, 7) is 0.482. The van der Waals surface area contributed by atoms with Gasteiger partial charge in [-0.25, -0.2) is 4.39 Å². The Morgan fingerprint density at radius 1 is 1.22 bits per heavy atom. The van der Waals surface area contributed by atoms with Crippen molar-refractivity contribution in [3.8, 4) is 5.75 Å². The van der Waals surface area contributed by atoms with Gasteiger partial charge < -0.3 is 15.0 Å². The molecule has 0 aliphatic heterocycles. The van der Waals surface area contributed by atoms with Gasteiger partial charge in [-0.3, -0.25) is 4.79 Å². The fraction of sp³-hybridized carbons (Fsp3) is 0.409. The summed E-state index contributed by atoms with van der Waals surface area (Å²) in [5, 5.41) is 3.12. The molecule has 1 saturated carbocycles. The van der Waals surface area contributed by atoms with Crippen molar-refractivity contribution in [1.29, 1.82) is 0 Å². The number of methoxy groups -OCH3 is 1. The van der Waals surface area contributed by atoms with Crippen LogP contribution in [-0.4, -0.2) is 38.6 Å². The number of ether oxygens (including phenoxy) is 1. The zero-order chi connectivity index (χ0) is 19.4. The second kappa shape index (κ2) is 8.09. The predicted molar refractivity (Wildman–Crippen MR) is 104 cm³/mol. The average Bonchev–Trinajstić information content (AvgIpc) is 2.61. The third-order valence-electron chi connectivity index (χ3n) is 5.58. The molecule has 1 fully saturated rings. The van der Waals surface area contributed by atoms with Gasteiger partial charge >= 0.3 is 0 Å². The van der Waals surface area contributed by atoms with Crippen LogP contribution in [0.25, 0.3) is 0 Å². The molecule has 144 valence electrons. The first-order chi connectivity index (χ1) is 13.0. The highest BCUT2D eigenvalue weighted by molar-refractivity contribution is 5.89. The second-order valence-electron chi connectivity index (χ2n) is 7.41. The Kier molecular flexibility index (Phi) is 5.80. The number of carbonyl (C=O) groups excluding carboxylic acids is 1. The maximum Gasteiger partial charge on any atom is 0.230 e. The smallest absolute Gasteiger partial charge is 0.230 e. The molecule has 1 aliphatic carbocycles. The van der Waals surface area contributed by atoms with Crippen LogP contribution in [0.15, 0.2) is 48.5 Å². The molecule has 4 nitrogen and oxygen atoms in total. The second-order valence-corrected chi connectivity index (χ2v) is 7.41. The van der Waals surface area contributed by atoms with Gasteiger partial charge in [0.2, 0.25) is 5.91 Å². The number of carbonyl (C=O) groups is 1.